The van der Waals surface area contributed by atoms with Gasteiger partial charge >= 0.3 is 0 Å². The van der Waals surface area contributed by atoms with Gasteiger partial charge in [-0.25, -0.2) is 9.97 Å². The summed E-state index contributed by atoms with van der Waals surface area (Å²) < 4.78 is 5.77. The second kappa shape index (κ2) is 9.56. The lowest BCUT2D eigenvalue weighted by Crippen LogP contribution is -2.31. The molecule has 0 saturated heterocycles. The molecule has 2 aromatic rings. The molecule has 164 valence electrons. The van der Waals surface area contributed by atoms with Crippen molar-refractivity contribution in [3.05, 3.63) is 52.8 Å². The molecule has 1 amide bonds. The average Bonchev–Trinajstić information content (AvgIpc) is 3.38. The zero-order chi connectivity index (χ0) is 21.8. The van der Waals surface area contributed by atoms with Crippen molar-refractivity contribution < 1.29 is 9.53 Å². The number of ether oxygens (including phenoxy) is 1. The molecule has 1 N–H and O–H groups in total. The van der Waals surface area contributed by atoms with Gasteiger partial charge in [-0.05, 0) is 37.3 Å². The number of nitrogens with zero attached hydrogens (tertiary/aromatic N) is 4. The fourth-order valence-electron chi connectivity index (χ4n) is 4.33. The number of anilines is 1. The minimum absolute atomic E-state index is 0.0166. The van der Waals surface area contributed by atoms with Crippen LogP contribution in [0.3, 0.4) is 0 Å². The quantitative estimate of drug-likeness (QED) is 0.662. The molecule has 4 rings (SSSR count). The normalized spacial score (nSPS) is 16.9. The van der Waals surface area contributed by atoms with Crippen LogP contribution in [0.25, 0.3) is 0 Å². The first-order valence-corrected chi connectivity index (χ1v) is 11.1. The van der Waals surface area contributed by atoms with Gasteiger partial charge in [0.05, 0.1) is 18.3 Å². The number of carbonyl (C=O) groups is 1. The van der Waals surface area contributed by atoms with E-state index in [9.17, 15) is 4.79 Å². The van der Waals surface area contributed by atoms with E-state index in [0.717, 1.165) is 42.7 Å². The summed E-state index contributed by atoms with van der Waals surface area (Å²) in [5, 5.41) is 3.47. The van der Waals surface area contributed by atoms with Gasteiger partial charge in [0.1, 0.15) is 6.61 Å². The predicted octanol–water partition coefficient (Wildman–Crippen LogP) is 3.17. The molecule has 7 nitrogen and oxygen atoms in total. The molecule has 0 fully saturated rings. The second-order valence-electron chi connectivity index (χ2n) is 8.40. The first-order valence-electron chi connectivity index (χ1n) is 11.1. The highest BCUT2D eigenvalue weighted by molar-refractivity contribution is 5.84. The van der Waals surface area contributed by atoms with Gasteiger partial charge in [-0.1, -0.05) is 31.2 Å². The Morgan fingerprint density at radius 1 is 1.26 bits per heavy atom. The third kappa shape index (κ3) is 5.10. The van der Waals surface area contributed by atoms with Gasteiger partial charge in [-0.3, -0.25) is 9.79 Å². The van der Waals surface area contributed by atoms with Crippen molar-refractivity contribution in [3.8, 4) is 0 Å². The summed E-state index contributed by atoms with van der Waals surface area (Å²) in [6.07, 6.45) is 5.44. The third-order valence-corrected chi connectivity index (χ3v) is 6.13. The molecule has 31 heavy (non-hydrogen) atoms. The van der Waals surface area contributed by atoms with Crippen LogP contribution in [0.15, 0.2) is 35.5 Å². The van der Waals surface area contributed by atoms with E-state index >= 15 is 0 Å². The van der Waals surface area contributed by atoms with Crippen LogP contribution in [0.1, 0.15) is 49.1 Å². The molecule has 0 saturated carbocycles. The van der Waals surface area contributed by atoms with Crippen LogP contribution in [0.4, 0.5) is 5.95 Å². The maximum Gasteiger partial charge on any atom is 0.249 e. The van der Waals surface area contributed by atoms with Gasteiger partial charge in [0, 0.05) is 43.5 Å². The van der Waals surface area contributed by atoms with Gasteiger partial charge in [-0.15, -0.1) is 0 Å². The fraction of sp³-hybridized carbons (Fsp3) is 0.500. The van der Waals surface area contributed by atoms with Crippen LogP contribution < -0.4 is 5.32 Å². The Bertz CT molecular complexity index is 949. The Hall–Kier alpha value is -2.80. The average molecular weight is 422 g/mol. The Kier molecular flexibility index (Phi) is 6.61. The summed E-state index contributed by atoms with van der Waals surface area (Å²) in [6, 6.07) is 8.85. The Labute approximate surface area is 184 Å². The molecule has 1 aliphatic heterocycles. The van der Waals surface area contributed by atoms with Crippen molar-refractivity contribution in [2.24, 2.45) is 4.99 Å². The summed E-state index contributed by atoms with van der Waals surface area (Å²) in [4.78, 5) is 27.9. The van der Waals surface area contributed by atoms with Crippen molar-refractivity contribution in [2.45, 2.75) is 64.8 Å². The molecule has 1 aromatic heterocycles. The van der Waals surface area contributed by atoms with Crippen molar-refractivity contribution in [3.63, 3.8) is 0 Å². The summed E-state index contributed by atoms with van der Waals surface area (Å²) in [5.41, 5.74) is 5.81. The van der Waals surface area contributed by atoms with Crippen molar-refractivity contribution >= 4 is 17.6 Å². The summed E-state index contributed by atoms with van der Waals surface area (Å²) in [7, 11) is 1.80. The van der Waals surface area contributed by atoms with Gasteiger partial charge in [0.2, 0.25) is 11.9 Å². The van der Waals surface area contributed by atoms with E-state index in [1.54, 1.807) is 11.9 Å². The summed E-state index contributed by atoms with van der Waals surface area (Å²) in [5.74, 6) is 0.624. The number of rotatable bonds is 8. The number of nitrogens with one attached hydrogen (secondary N) is 1. The molecule has 1 aliphatic carbocycles. The molecule has 1 unspecified atom stereocenters. The van der Waals surface area contributed by atoms with Crippen LogP contribution >= 0.6 is 0 Å². The maximum absolute atomic E-state index is 12.6. The fourth-order valence-corrected chi connectivity index (χ4v) is 4.33. The van der Waals surface area contributed by atoms with Crippen LogP contribution in [0.5, 0.6) is 0 Å². The Morgan fingerprint density at radius 2 is 2.00 bits per heavy atom. The molecule has 7 heteroatoms. The lowest BCUT2D eigenvalue weighted by Gasteiger charge is -2.18. The maximum atomic E-state index is 12.6. The number of hydrogen-bond acceptors (Lipinski definition) is 6. The zero-order valence-corrected chi connectivity index (χ0v) is 18.6. The lowest BCUT2D eigenvalue weighted by molar-refractivity contribution is -0.138. The molecule has 0 bridgehead atoms. The number of benzene rings is 1. The summed E-state index contributed by atoms with van der Waals surface area (Å²) >= 11 is 0. The minimum atomic E-state index is -0.0290. The number of amides is 1. The van der Waals surface area contributed by atoms with Gasteiger partial charge in [0.25, 0.3) is 0 Å². The zero-order valence-electron chi connectivity index (χ0n) is 18.6. The van der Waals surface area contributed by atoms with Crippen LogP contribution in [0, 0.1) is 0 Å². The van der Waals surface area contributed by atoms with Crippen molar-refractivity contribution in [1.29, 1.82) is 0 Å². The number of carbonyl (C=O) groups excluding carboxylic acids is 1. The number of aliphatic imine (C=N–C) groups is 1. The summed E-state index contributed by atoms with van der Waals surface area (Å²) in [6.45, 7) is 5.19. The second-order valence-corrected chi connectivity index (χ2v) is 8.40. The number of fused-ring (bicyclic) bond motifs is 2. The SMILES string of the molecule is CC/C(CC(C)OCC(=O)N1Cc2cnc(NC3Cc4ccccc4C3)nc2C1)=N\C. The highest BCUT2D eigenvalue weighted by Crippen LogP contribution is 2.25. The highest BCUT2D eigenvalue weighted by Gasteiger charge is 2.27. The highest BCUT2D eigenvalue weighted by atomic mass is 16.5. The topological polar surface area (TPSA) is 79.7 Å². The first-order chi connectivity index (χ1) is 15.1. The predicted molar refractivity (Wildman–Crippen MR) is 121 cm³/mol. The molecular formula is C24H31N5O2. The van der Waals surface area contributed by atoms with E-state index in [2.05, 4.69) is 46.5 Å². The third-order valence-electron chi connectivity index (χ3n) is 6.13. The minimum Gasteiger partial charge on any atom is -0.368 e. The van der Waals surface area contributed by atoms with E-state index in [4.69, 9.17) is 9.72 Å². The van der Waals surface area contributed by atoms with Crippen molar-refractivity contribution in [2.75, 3.05) is 19.0 Å². The molecule has 0 spiro atoms. The smallest absolute Gasteiger partial charge is 0.249 e. The molecule has 2 heterocycles. The molecule has 0 radical (unpaired) electrons. The number of aromatic nitrogens is 2. The van der Waals surface area contributed by atoms with Crippen molar-refractivity contribution in [1.82, 2.24) is 14.9 Å². The molecule has 1 aromatic carbocycles. The van der Waals surface area contributed by atoms with Crippen LogP contribution in [-0.4, -0.2) is 52.3 Å². The molecular weight excluding hydrogens is 390 g/mol. The molecule has 1 atom stereocenters. The van der Waals surface area contributed by atoms with E-state index in [-0.39, 0.29) is 18.6 Å². The van der Waals surface area contributed by atoms with Gasteiger partial charge in [-0.2, -0.15) is 0 Å². The van der Waals surface area contributed by atoms with Gasteiger partial charge in [0.15, 0.2) is 0 Å². The number of hydrogen-bond donors (Lipinski definition) is 1. The lowest BCUT2D eigenvalue weighted by atomic mass is 10.1. The monoisotopic (exact) mass is 421 g/mol. The first kappa shape index (κ1) is 21.4. The Morgan fingerprint density at radius 3 is 2.68 bits per heavy atom. The van der Waals surface area contributed by atoms with E-state index in [0.29, 0.717) is 25.1 Å². The molecule has 2 aliphatic rings. The van der Waals surface area contributed by atoms with E-state index in [1.807, 2.05) is 13.1 Å². The Balaban J connectivity index is 1.29. The van der Waals surface area contributed by atoms with Crippen LogP contribution in [-0.2, 0) is 35.5 Å². The standard InChI is InChI=1S/C24H31N5O2/c1-4-20(25-3)9-16(2)31-15-23(30)29-13-19-12-26-24(28-22(19)14-29)27-21-10-17-7-5-6-8-18(17)11-21/h5-8,12,16,21H,4,9-11,13-15H2,1-3H3,(H,26,27,28)/b25-20+. The largest absolute Gasteiger partial charge is 0.368 e. The van der Waals surface area contributed by atoms with Gasteiger partial charge < -0.3 is 15.0 Å². The van der Waals surface area contributed by atoms with E-state index < -0.39 is 0 Å². The van der Waals surface area contributed by atoms with E-state index in [1.165, 1.54) is 11.1 Å². The van der Waals surface area contributed by atoms with Crippen LogP contribution in [0.2, 0.25) is 0 Å².